The topological polar surface area (TPSA) is 82.0 Å². The highest BCUT2D eigenvalue weighted by Gasteiger charge is 2.43. The molecule has 2 aliphatic heterocycles. The third-order valence-corrected chi connectivity index (χ3v) is 6.97. The predicted molar refractivity (Wildman–Crippen MR) is 128 cm³/mol. The van der Waals surface area contributed by atoms with Gasteiger partial charge in [0.1, 0.15) is 11.4 Å². The highest BCUT2D eigenvalue weighted by Crippen LogP contribution is 2.47. The summed E-state index contributed by atoms with van der Waals surface area (Å²) in [6.45, 7) is 3.61. The molecular weight excluding hydrogens is 416 g/mol. The number of aliphatic hydroxyl groups excluding tert-OH is 2. The number of β-amino-alcohol motifs (C(OH)–C–C–N with tert-alkyl or cyclic N) is 1. The molecule has 3 N–H and O–H groups in total. The van der Waals surface area contributed by atoms with E-state index in [1.54, 1.807) is 0 Å². The van der Waals surface area contributed by atoms with Gasteiger partial charge in [-0.3, -0.25) is 4.79 Å². The molecule has 1 saturated heterocycles. The molecule has 33 heavy (non-hydrogen) atoms. The van der Waals surface area contributed by atoms with Gasteiger partial charge in [0.2, 0.25) is 5.91 Å². The molecule has 3 aromatic rings. The zero-order valence-electron chi connectivity index (χ0n) is 18.8. The first-order valence-corrected chi connectivity index (χ1v) is 11.6. The fourth-order valence-electron chi connectivity index (χ4n) is 5.15. The Kier molecular flexibility index (Phi) is 5.83. The summed E-state index contributed by atoms with van der Waals surface area (Å²) >= 11 is 0. The monoisotopic (exact) mass is 446 g/mol. The number of ether oxygens (including phenoxy) is 1. The number of hydrogen-bond donors (Lipinski definition) is 3. The predicted octanol–water partition coefficient (Wildman–Crippen LogP) is 4.18. The van der Waals surface area contributed by atoms with E-state index in [2.05, 4.69) is 22.3 Å². The minimum Gasteiger partial charge on any atom is -0.486 e. The summed E-state index contributed by atoms with van der Waals surface area (Å²) in [5.74, 6) is 0.704. The van der Waals surface area contributed by atoms with E-state index in [1.807, 2.05) is 48.5 Å². The lowest BCUT2D eigenvalue weighted by Crippen LogP contribution is -2.51. The van der Waals surface area contributed by atoms with Crippen LogP contribution in [0.5, 0.6) is 5.75 Å². The van der Waals surface area contributed by atoms with E-state index >= 15 is 0 Å². The van der Waals surface area contributed by atoms with Crippen molar-refractivity contribution in [3.05, 3.63) is 71.8 Å². The van der Waals surface area contributed by atoms with Crippen LogP contribution >= 0.6 is 0 Å². The lowest BCUT2D eigenvalue weighted by atomic mass is 9.81. The maximum Gasteiger partial charge on any atom is 0.221 e. The third kappa shape index (κ3) is 4.47. The van der Waals surface area contributed by atoms with E-state index in [9.17, 15) is 15.0 Å². The van der Waals surface area contributed by atoms with Crippen LogP contribution in [-0.2, 0) is 4.79 Å². The van der Waals surface area contributed by atoms with Crippen molar-refractivity contribution in [2.75, 3.05) is 25.0 Å². The number of aliphatic hydroxyl groups is 2. The molecule has 6 nitrogen and oxygen atoms in total. The third-order valence-electron chi connectivity index (χ3n) is 6.97. The summed E-state index contributed by atoms with van der Waals surface area (Å²) in [7, 11) is 0. The van der Waals surface area contributed by atoms with Crippen LogP contribution in [0.25, 0.3) is 10.8 Å². The fourth-order valence-corrected chi connectivity index (χ4v) is 5.15. The number of nitrogens with one attached hydrogen (secondary N) is 1. The highest BCUT2D eigenvalue weighted by atomic mass is 16.5. The van der Waals surface area contributed by atoms with Crippen LogP contribution < -0.4 is 10.1 Å². The van der Waals surface area contributed by atoms with Gasteiger partial charge in [0.05, 0.1) is 12.2 Å². The van der Waals surface area contributed by atoms with Crippen molar-refractivity contribution in [1.29, 1.82) is 0 Å². The van der Waals surface area contributed by atoms with E-state index in [4.69, 9.17) is 4.74 Å². The lowest BCUT2D eigenvalue weighted by Gasteiger charge is -2.46. The Morgan fingerprint density at radius 3 is 2.58 bits per heavy atom. The van der Waals surface area contributed by atoms with Crippen molar-refractivity contribution in [2.45, 2.75) is 44.0 Å². The number of rotatable bonds is 4. The number of amides is 1. The molecule has 1 spiro atoms. The Hall–Kier alpha value is -2.93. The van der Waals surface area contributed by atoms with Crippen molar-refractivity contribution < 1.29 is 19.7 Å². The van der Waals surface area contributed by atoms with Gasteiger partial charge in [-0.05, 0) is 35.9 Å². The smallest absolute Gasteiger partial charge is 0.221 e. The molecule has 1 amide bonds. The molecule has 1 fully saturated rings. The van der Waals surface area contributed by atoms with Gasteiger partial charge in [0.25, 0.3) is 0 Å². The molecular formula is C27H30N2O4. The van der Waals surface area contributed by atoms with Crippen LogP contribution in [0.4, 0.5) is 5.69 Å². The molecule has 2 unspecified atom stereocenters. The standard InChI is InChI=1S/C27H30N2O4/c1-18(30)28-21-9-6-20(7-10-21)25(32)17-29-14-12-27(13-15-29)16-24(31)23-11-8-19-4-2-3-5-22(19)26(23)33-27/h2-11,24-25,31-32H,12-17H2,1H3,(H,28,30). The molecule has 6 heteroatoms. The Morgan fingerprint density at radius 1 is 1.12 bits per heavy atom. The Morgan fingerprint density at radius 2 is 1.85 bits per heavy atom. The summed E-state index contributed by atoms with van der Waals surface area (Å²) in [5.41, 5.74) is 2.05. The van der Waals surface area contributed by atoms with Gasteiger partial charge in [-0.25, -0.2) is 0 Å². The minimum atomic E-state index is -0.604. The first kappa shape index (κ1) is 21.9. The Balaban J connectivity index is 1.25. The van der Waals surface area contributed by atoms with E-state index in [0.717, 1.165) is 59.3 Å². The zero-order valence-corrected chi connectivity index (χ0v) is 18.8. The van der Waals surface area contributed by atoms with Crippen LogP contribution in [0.2, 0.25) is 0 Å². The number of carbonyl (C=O) groups excluding carboxylic acids is 1. The van der Waals surface area contributed by atoms with E-state index in [-0.39, 0.29) is 11.5 Å². The SMILES string of the molecule is CC(=O)Nc1ccc(C(O)CN2CCC3(CC2)CC(O)c2ccc4ccccc4c2O3)cc1. The summed E-state index contributed by atoms with van der Waals surface area (Å²) in [6, 6.07) is 19.5. The normalized spacial score (nSPS) is 20.8. The first-order chi connectivity index (χ1) is 15.9. The van der Waals surface area contributed by atoms with Crippen molar-refractivity contribution in [2.24, 2.45) is 0 Å². The van der Waals surface area contributed by atoms with E-state index in [1.165, 1.54) is 6.92 Å². The molecule has 0 saturated carbocycles. The molecule has 2 heterocycles. The van der Waals surface area contributed by atoms with E-state index in [0.29, 0.717) is 13.0 Å². The van der Waals surface area contributed by atoms with Crippen molar-refractivity contribution in [3.8, 4) is 5.75 Å². The average molecular weight is 447 g/mol. The van der Waals surface area contributed by atoms with Gasteiger partial charge < -0.3 is 25.2 Å². The average Bonchev–Trinajstić information content (AvgIpc) is 2.81. The summed E-state index contributed by atoms with van der Waals surface area (Å²) < 4.78 is 6.64. The molecule has 3 aromatic carbocycles. The number of piperidine rings is 1. The Labute approximate surface area is 193 Å². The van der Waals surface area contributed by atoms with E-state index < -0.39 is 12.2 Å². The maximum atomic E-state index is 11.2. The van der Waals surface area contributed by atoms with Crippen molar-refractivity contribution in [1.82, 2.24) is 4.90 Å². The lowest BCUT2D eigenvalue weighted by molar-refractivity contribution is -0.114. The molecule has 0 aromatic heterocycles. The quantitative estimate of drug-likeness (QED) is 0.560. The van der Waals surface area contributed by atoms with Gasteiger partial charge in [-0.15, -0.1) is 0 Å². The number of likely N-dealkylation sites (tertiary alicyclic amines) is 1. The van der Waals surface area contributed by atoms with Gasteiger partial charge in [0, 0.05) is 49.6 Å². The molecule has 0 bridgehead atoms. The van der Waals surface area contributed by atoms with Gasteiger partial charge in [0.15, 0.2) is 0 Å². The van der Waals surface area contributed by atoms with Crippen LogP contribution in [0.15, 0.2) is 60.7 Å². The first-order valence-electron chi connectivity index (χ1n) is 11.6. The van der Waals surface area contributed by atoms with Gasteiger partial charge in [-0.2, -0.15) is 0 Å². The van der Waals surface area contributed by atoms with Gasteiger partial charge >= 0.3 is 0 Å². The van der Waals surface area contributed by atoms with Gasteiger partial charge in [-0.1, -0.05) is 48.5 Å². The largest absolute Gasteiger partial charge is 0.486 e. The molecule has 0 radical (unpaired) electrons. The second-order valence-corrected chi connectivity index (χ2v) is 9.33. The zero-order chi connectivity index (χ0) is 23.0. The molecule has 0 aliphatic carbocycles. The van der Waals surface area contributed by atoms with Crippen LogP contribution in [0.3, 0.4) is 0 Å². The maximum absolute atomic E-state index is 11.2. The summed E-state index contributed by atoms with van der Waals surface area (Å²) in [6.07, 6.45) is 1.08. The van der Waals surface area contributed by atoms with Crippen LogP contribution in [0, 0.1) is 0 Å². The fraction of sp³-hybridized carbons (Fsp3) is 0.370. The number of nitrogens with zero attached hydrogens (tertiary/aromatic N) is 1. The number of carbonyl (C=O) groups is 1. The number of anilines is 1. The second kappa shape index (κ2) is 8.78. The molecule has 2 aliphatic rings. The second-order valence-electron chi connectivity index (χ2n) is 9.33. The van der Waals surface area contributed by atoms with Crippen LogP contribution in [-0.4, -0.2) is 46.3 Å². The summed E-state index contributed by atoms with van der Waals surface area (Å²) in [5, 5.41) is 26.6. The number of hydrogen-bond acceptors (Lipinski definition) is 5. The number of fused-ring (bicyclic) bond motifs is 3. The van der Waals surface area contributed by atoms with Crippen LogP contribution in [0.1, 0.15) is 49.5 Å². The van der Waals surface area contributed by atoms with Crippen molar-refractivity contribution in [3.63, 3.8) is 0 Å². The number of benzene rings is 3. The highest BCUT2D eigenvalue weighted by molar-refractivity contribution is 5.90. The summed E-state index contributed by atoms with van der Waals surface area (Å²) in [4.78, 5) is 13.4. The minimum absolute atomic E-state index is 0.115. The Bertz CT molecular complexity index is 1150. The van der Waals surface area contributed by atoms with Crippen molar-refractivity contribution >= 4 is 22.4 Å². The molecule has 5 rings (SSSR count). The molecule has 2 atom stereocenters. The molecule has 172 valence electrons.